The van der Waals surface area contributed by atoms with E-state index in [1.165, 1.54) is 18.2 Å². The van der Waals surface area contributed by atoms with Crippen LogP contribution in [0.1, 0.15) is 5.56 Å². The number of alkyl halides is 3. The summed E-state index contributed by atoms with van der Waals surface area (Å²) in [6.07, 6.45) is -4.64. The molecule has 0 saturated carbocycles. The van der Waals surface area contributed by atoms with Gasteiger partial charge in [0.05, 0.1) is 35.4 Å². The average Bonchev–Trinajstić information content (AvgIpc) is 2.82. The number of carbonyl (C=O) groups excluding carboxylic acids is 1. The zero-order chi connectivity index (χ0) is 24.3. The number of aromatic nitrogens is 2. The van der Waals surface area contributed by atoms with Crippen LogP contribution in [0.3, 0.4) is 0 Å². The molecule has 0 atom stereocenters. The Balaban J connectivity index is 1.67. The normalized spacial score (nSPS) is 14.9. The highest BCUT2D eigenvalue weighted by atomic mass is 19.4. The minimum Gasteiger partial charge on any atom is -0.379 e. The van der Waals surface area contributed by atoms with Crippen LogP contribution in [0, 0.1) is 0 Å². The van der Waals surface area contributed by atoms with Gasteiger partial charge in [0.1, 0.15) is 6.54 Å². The summed E-state index contributed by atoms with van der Waals surface area (Å²) < 4.78 is 46.7. The van der Waals surface area contributed by atoms with Crippen molar-refractivity contribution in [2.75, 3.05) is 39.4 Å². The van der Waals surface area contributed by atoms with Gasteiger partial charge in [-0.2, -0.15) is 13.2 Å². The van der Waals surface area contributed by atoms with Crippen molar-refractivity contribution in [2.45, 2.75) is 12.7 Å². The highest BCUT2D eigenvalue weighted by Gasteiger charge is 2.31. The van der Waals surface area contributed by atoms with E-state index in [9.17, 15) is 27.6 Å². The molecule has 0 aliphatic carbocycles. The molecule has 1 aliphatic rings. The van der Waals surface area contributed by atoms with E-state index in [1.54, 1.807) is 12.1 Å². The maximum atomic E-state index is 13.3. The van der Waals surface area contributed by atoms with E-state index in [-0.39, 0.29) is 23.1 Å². The average molecular weight is 476 g/mol. The summed E-state index contributed by atoms with van der Waals surface area (Å²) in [6.45, 7) is 3.39. The quantitative estimate of drug-likeness (QED) is 0.585. The molecule has 0 unspecified atom stereocenters. The van der Waals surface area contributed by atoms with Crippen molar-refractivity contribution in [1.82, 2.24) is 19.4 Å². The van der Waals surface area contributed by atoms with Crippen molar-refractivity contribution in [2.24, 2.45) is 0 Å². The Morgan fingerprint density at radius 1 is 1.03 bits per heavy atom. The first kappa shape index (κ1) is 23.7. The van der Waals surface area contributed by atoms with Crippen LogP contribution < -0.4 is 16.6 Å². The Hall–Kier alpha value is -3.44. The molecule has 1 saturated heterocycles. The van der Waals surface area contributed by atoms with Crippen LogP contribution in [0.4, 0.5) is 13.2 Å². The molecule has 0 radical (unpaired) electrons. The van der Waals surface area contributed by atoms with Crippen molar-refractivity contribution >= 4 is 16.8 Å². The van der Waals surface area contributed by atoms with Gasteiger partial charge >= 0.3 is 11.9 Å². The summed E-state index contributed by atoms with van der Waals surface area (Å²) >= 11 is 0. The first-order valence-electron chi connectivity index (χ1n) is 10.7. The molecule has 0 spiro atoms. The lowest BCUT2D eigenvalue weighted by Gasteiger charge is -2.26. The number of nitrogens with one attached hydrogen (secondary N) is 1. The highest BCUT2D eigenvalue weighted by molar-refractivity contribution is 5.81. The predicted molar refractivity (Wildman–Crippen MR) is 119 cm³/mol. The lowest BCUT2D eigenvalue weighted by molar-refractivity contribution is -0.137. The van der Waals surface area contributed by atoms with Crippen LogP contribution in [0.2, 0.25) is 0 Å². The summed E-state index contributed by atoms with van der Waals surface area (Å²) in [5, 5.41) is 2.87. The zero-order valence-corrected chi connectivity index (χ0v) is 18.2. The number of amides is 1. The molecule has 1 amide bonds. The first-order chi connectivity index (χ1) is 16.3. The van der Waals surface area contributed by atoms with Crippen LogP contribution >= 0.6 is 0 Å². The van der Waals surface area contributed by atoms with E-state index < -0.39 is 28.9 Å². The summed E-state index contributed by atoms with van der Waals surface area (Å²) in [4.78, 5) is 41.1. The van der Waals surface area contributed by atoms with Gasteiger partial charge in [-0.25, -0.2) is 9.36 Å². The van der Waals surface area contributed by atoms with E-state index in [4.69, 9.17) is 4.74 Å². The number of rotatable bonds is 6. The Morgan fingerprint density at radius 2 is 1.76 bits per heavy atom. The minimum absolute atomic E-state index is 0.112. The van der Waals surface area contributed by atoms with Crippen LogP contribution in [-0.4, -0.2) is 59.3 Å². The second-order valence-electron chi connectivity index (χ2n) is 7.88. The topological polar surface area (TPSA) is 85.6 Å². The third kappa shape index (κ3) is 5.05. The van der Waals surface area contributed by atoms with Gasteiger partial charge in [0.15, 0.2) is 0 Å². The summed E-state index contributed by atoms with van der Waals surface area (Å²) in [6, 6.07) is 10.2. The Morgan fingerprint density at radius 3 is 2.50 bits per heavy atom. The van der Waals surface area contributed by atoms with Gasteiger partial charge in [-0.1, -0.05) is 18.2 Å². The number of hydrogen-bond acceptors (Lipinski definition) is 5. The fraction of sp³-hybridized carbons (Fsp3) is 0.348. The van der Waals surface area contributed by atoms with Gasteiger partial charge in [-0.05, 0) is 30.3 Å². The fourth-order valence-corrected chi connectivity index (χ4v) is 3.90. The molecule has 1 N–H and O–H groups in total. The molecule has 4 rings (SSSR count). The fourth-order valence-electron chi connectivity index (χ4n) is 3.90. The zero-order valence-electron chi connectivity index (χ0n) is 18.2. The van der Waals surface area contributed by atoms with E-state index in [2.05, 4.69) is 10.2 Å². The van der Waals surface area contributed by atoms with Crippen molar-refractivity contribution in [3.05, 3.63) is 74.9 Å². The van der Waals surface area contributed by atoms with Gasteiger partial charge in [0, 0.05) is 26.2 Å². The molecule has 1 aromatic heterocycles. The van der Waals surface area contributed by atoms with E-state index in [1.807, 2.05) is 0 Å². The lowest BCUT2D eigenvalue weighted by Crippen LogP contribution is -2.44. The SMILES string of the molecule is O=C(Cn1c(=O)n(-c2cccc(C(F)(F)F)c2)c(=O)c2ccccc21)NCCN1CCOCC1. The minimum atomic E-state index is -4.64. The highest BCUT2D eigenvalue weighted by Crippen LogP contribution is 2.30. The molecular formula is C23H23F3N4O4. The standard InChI is InChI=1S/C23H23F3N4O4/c24-23(25,26)16-4-3-5-17(14-16)30-21(32)18-6-1-2-7-19(18)29(22(30)33)15-20(31)27-8-9-28-10-12-34-13-11-28/h1-7,14H,8-13,15H2,(H,27,31). The maximum Gasteiger partial charge on any atom is 0.416 e. The number of nitrogens with zero attached hydrogens (tertiary/aromatic N) is 3. The van der Waals surface area contributed by atoms with E-state index in [0.717, 1.165) is 35.9 Å². The van der Waals surface area contributed by atoms with Crippen molar-refractivity contribution in [1.29, 1.82) is 0 Å². The van der Waals surface area contributed by atoms with Gasteiger partial charge in [-0.3, -0.25) is 19.1 Å². The first-order valence-corrected chi connectivity index (χ1v) is 10.7. The largest absolute Gasteiger partial charge is 0.416 e. The Bertz CT molecular complexity index is 1310. The van der Waals surface area contributed by atoms with Crippen LogP contribution in [0.15, 0.2) is 58.1 Å². The van der Waals surface area contributed by atoms with E-state index in [0.29, 0.717) is 30.9 Å². The number of fused-ring (bicyclic) bond motifs is 1. The molecule has 1 fully saturated rings. The Labute approximate surface area is 192 Å². The number of halogens is 3. The van der Waals surface area contributed by atoms with Gasteiger partial charge < -0.3 is 10.1 Å². The predicted octanol–water partition coefficient (Wildman–Crippen LogP) is 1.62. The number of carbonyl (C=O) groups is 1. The molecule has 2 heterocycles. The molecule has 11 heteroatoms. The van der Waals surface area contributed by atoms with Crippen LogP contribution in [0.5, 0.6) is 0 Å². The second-order valence-corrected chi connectivity index (χ2v) is 7.88. The molecule has 8 nitrogen and oxygen atoms in total. The molecule has 0 bridgehead atoms. The Kier molecular flexibility index (Phi) is 6.85. The van der Waals surface area contributed by atoms with Gasteiger partial charge in [0.25, 0.3) is 5.56 Å². The number of para-hydroxylation sites is 1. The molecule has 2 aromatic carbocycles. The number of hydrogen-bond donors (Lipinski definition) is 1. The summed E-state index contributed by atoms with van der Waals surface area (Å²) in [5.41, 5.74) is -2.65. The number of benzene rings is 2. The van der Waals surface area contributed by atoms with Gasteiger partial charge in [-0.15, -0.1) is 0 Å². The third-order valence-electron chi connectivity index (χ3n) is 5.64. The molecule has 34 heavy (non-hydrogen) atoms. The second kappa shape index (κ2) is 9.82. The molecule has 180 valence electrons. The molecular weight excluding hydrogens is 453 g/mol. The maximum absolute atomic E-state index is 13.3. The molecule has 1 aliphatic heterocycles. The smallest absolute Gasteiger partial charge is 0.379 e. The summed E-state index contributed by atoms with van der Waals surface area (Å²) in [5.74, 6) is -0.449. The number of ether oxygens (including phenoxy) is 1. The van der Waals surface area contributed by atoms with Crippen molar-refractivity contribution in [3.63, 3.8) is 0 Å². The number of morpholine rings is 1. The molecule has 3 aromatic rings. The van der Waals surface area contributed by atoms with Crippen LogP contribution in [0.25, 0.3) is 16.6 Å². The third-order valence-corrected chi connectivity index (χ3v) is 5.64. The van der Waals surface area contributed by atoms with Crippen LogP contribution in [-0.2, 0) is 22.3 Å². The van der Waals surface area contributed by atoms with Crippen molar-refractivity contribution in [3.8, 4) is 5.69 Å². The lowest BCUT2D eigenvalue weighted by atomic mass is 10.2. The summed E-state index contributed by atoms with van der Waals surface area (Å²) in [7, 11) is 0. The monoisotopic (exact) mass is 476 g/mol. The van der Waals surface area contributed by atoms with Gasteiger partial charge in [0.2, 0.25) is 5.91 Å². The van der Waals surface area contributed by atoms with Crippen molar-refractivity contribution < 1.29 is 22.7 Å². The van der Waals surface area contributed by atoms with E-state index >= 15 is 0 Å².